The lowest BCUT2D eigenvalue weighted by Gasteiger charge is -2.41. The molecule has 2 unspecified atom stereocenters. The summed E-state index contributed by atoms with van der Waals surface area (Å²) in [7, 11) is 1.75. The molecule has 1 aromatic carbocycles. The van der Waals surface area contributed by atoms with Gasteiger partial charge in [0.2, 0.25) is 0 Å². The van der Waals surface area contributed by atoms with Crippen molar-refractivity contribution in [3.63, 3.8) is 0 Å². The number of ether oxygens (including phenoxy) is 1. The van der Waals surface area contributed by atoms with Crippen molar-refractivity contribution in [2.75, 3.05) is 7.11 Å². The van der Waals surface area contributed by atoms with Gasteiger partial charge in [0.15, 0.2) is 0 Å². The first kappa shape index (κ1) is 13.6. The van der Waals surface area contributed by atoms with Crippen molar-refractivity contribution in [3.8, 4) is 0 Å². The average Bonchev–Trinajstić information content (AvgIpc) is 2.28. The lowest BCUT2D eigenvalue weighted by Crippen LogP contribution is -2.32. The number of hydrogen-bond acceptors (Lipinski definition) is 1. The van der Waals surface area contributed by atoms with Crippen LogP contribution >= 0.6 is 0 Å². The molecular weight excluding hydrogens is 220 g/mol. The minimum absolute atomic E-state index is 0.364. The Morgan fingerprint density at radius 1 is 1.11 bits per heavy atom. The van der Waals surface area contributed by atoms with Crippen LogP contribution in [0, 0.1) is 11.8 Å². The van der Waals surface area contributed by atoms with Crippen LogP contribution in [0.1, 0.15) is 51.2 Å². The Hall–Kier alpha value is -0.820. The van der Waals surface area contributed by atoms with Gasteiger partial charge >= 0.3 is 0 Å². The van der Waals surface area contributed by atoms with Crippen molar-refractivity contribution < 1.29 is 4.74 Å². The fraction of sp³-hybridized carbons (Fsp3) is 0.647. The molecule has 0 aliphatic heterocycles. The first-order valence-electron chi connectivity index (χ1n) is 7.12. The van der Waals surface area contributed by atoms with E-state index in [9.17, 15) is 0 Å². The van der Waals surface area contributed by atoms with E-state index in [1.807, 2.05) is 0 Å². The lowest BCUT2D eigenvalue weighted by molar-refractivity contribution is 0.184. The highest BCUT2D eigenvalue weighted by Crippen LogP contribution is 2.44. The van der Waals surface area contributed by atoms with E-state index in [-0.39, 0.29) is 0 Å². The van der Waals surface area contributed by atoms with Crippen LogP contribution in [0.3, 0.4) is 0 Å². The van der Waals surface area contributed by atoms with Crippen molar-refractivity contribution in [2.45, 2.75) is 52.1 Å². The topological polar surface area (TPSA) is 9.23 Å². The van der Waals surface area contributed by atoms with Crippen molar-refractivity contribution in [3.05, 3.63) is 35.4 Å². The van der Waals surface area contributed by atoms with E-state index < -0.39 is 0 Å². The highest BCUT2D eigenvalue weighted by molar-refractivity contribution is 5.29. The molecule has 0 saturated heterocycles. The maximum atomic E-state index is 5.17. The third kappa shape index (κ3) is 2.95. The molecule has 0 N–H and O–H groups in total. The molecule has 3 atom stereocenters. The van der Waals surface area contributed by atoms with Gasteiger partial charge in [-0.05, 0) is 47.6 Å². The highest BCUT2D eigenvalue weighted by Gasteiger charge is 2.35. The molecule has 0 radical (unpaired) electrons. The Kier molecular flexibility index (Phi) is 4.11. The molecule has 0 aromatic heterocycles. The summed E-state index contributed by atoms with van der Waals surface area (Å²) < 4.78 is 5.17. The Balaban J connectivity index is 2.18. The summed E-state index contributed by atoms with van der Waals surface area (Å²) in [5.74, 6) is 1.69. The average molecular weight is 246 g/mol. The molecule has 0 spiro atoms. The summed E-state index contributed by atoms with van der Waals surface area (Å²) in [6, 6.07) is 9.04. The summed E-state index contributed by atoms with van der Waals surface area (Å²) in [4.78, 5) is 0. The van der Waals surface area contributed by atoms with Crippen LogP contribution in [-0.2, 0) is 16.8 Å². The normalized spacial score (nSPS) is 32.4. The van der Waals surface area contributed by atoms with Crippen LogP contribution in [0.25, 0.3) is 0 Å². The maximum absolute atomic E-state index is 5.17. The van der Waals surface area contributed by atoms with Crippen LogP contribution in [0.2, 0.25) is 0 Å². The molecular formula is C17H26O. The fourth-order valence-electron chi connectivity index (χ4n) is 3.88. The molecule has 1 saturated carbocycles. The molecule has 1 fully saturated rings. The minimum Gasteiger partial charge on any atom is -0.380 e. The summed E-state index contributed by atoms with van der Waals surface area (Å²) >= 11 is 0. The minimum atomic E-state index is 0.364. The van der Waals surface area contributed by atoms with Crippen LogP contribution in [-0.4, -0.2) is 7.11 Å². The molecule has 18 heavy (non-hydrogen) atoms. The Morgan fingerprint density at radius 3 is 2.17 bits per heavy atom. The smallest absolute Gasteiger partial charge is 0.0713 e. The highest BCUT2D eigenvalue weighted by atomic mass is 16.5. The summed E-state index contributed by atoms with van der Waals surface area (Å²) in [5, 5.41) is 0. The molecule has 1 aromatic rings. The molecule has 0 heterocycles. The van der Waals surface area contributed by atoms with Gasteiger partial charge in [0.25, 0.3) is 0 Å². The maximum Gasteiger partial charge on any atom is 0.0713 e. The van der Waals surface area contributed by atoms with Gasteiger partial charge in [-0.25, -0.2) is 0 Å². The number of hydrogen-bond donors (Lipinski definition) is 0. The molecule has 1 aliphatic carbocycles. The lowest BCUT2D eigenvalue weighted by atomic mass is 9.64. The summed E-state index contributed by atoms with van der Waals surface area (Å²) in [5.41, 5.74) is 3.13. The standard InChI is InChI=1S/C17H26O/c1-13-9-14(2)11-17(3,10-13)16-7-5-15(6-8-16)12-18-4/h5-8,13-14H,9-12H2,1-4H3/t13-,14?,17?/m0/s1. The van der Waals surface area contributed by atoms with Gasteiger partial charge in [0.1, 0.15) is 0 Å². The fourth-order valence-corrected chi connectivity index (χ4v) is 3.88. The van der Waals surface area contributed by atoms with E-state index in [0.29, 0.717) is 12.0 Å². The van der Waals surface area contributed by atoms with Crippen molar-refractivity contribution in [1.82, 2.24) is 0 Å². The Labute approximate surface area is 112 Å². The third-order valence-electron chi connectivity index (χ3n) is 4.36. The predicted octanol–water partition coefficient (Wildman–Crippen LogP) is 4.55. The van der Waals surface area contributed by atoms with Crippen LogP contribution in [0.5, 0.6) is 0 Å². The van der Waals surface area contributed by atoms with Crippen LogP contribution < -0.4 is 0 Å². The first-order chi connectivity index (χ1) is 8.53. The number of rotatable bonds is 3. The zero-order valence-corrected chi connectivity index (χ0v) is 12.2. The van der Waals surface area contributed by atoms with Crippen molar-refractivity contribution >= 4 is 0 Å². The number of benzene rings is 1. The van der Waals surface area contributed by atoms with Crippen molar-refractivity contribution in [2.24, 2.45) is 11.8 Å². The van der Waals surface area contributed by atoms with Gasteiger partial charge in [-0.3, -0.25) is 0 Å². The molecule has 1 aliphatic rings. The second kappa shape index (κ2) is 5.44. The van der Waals surface area contributed by atoms with Gasteiger partial charge in [0, 0.05) is 7.11 Å². The molecule has 0 amide bonds. The second-order valence-corrected chi connectivity index (χ2v) is 6.54. The SMILES string of the molecule is COCc1ccc(C2(C)CC(C)C[C@H](C)C2)cc1. The van der Waals surface area contributed by atoms with Crippen LogP contribution in [0.15, 0.2) is 24.3 Å². The van der Waals surface area contributed by atoms with E-state index in [1.165, 1.54) is 30.4 Å². The van der Waals surface area contributed by atoms with Gasteiger partial charge in [-0.1, -0.05) is 45.0 Å². The second-order valence-electron chi connectivity index (χ2n) is 6.54. The summed E-state index contributed by atoms with van der Waals surface area (Å²) in [6.07, 6.45) is 4.03. The van der Waals surface area contributed by atoms with Gasteiger partial charge in [-0.2, -0.15) is 0 Å². The van der Waals surface area contributed by atoms with Gasteiger partial charge in [0.05, 0.1) is 6.61 Å². The van der Waals surface area contributed by atoms with E-state index in [2.05, 4.69) is 45.0 Å². The Bertz CT molecular complexity index is 369. The van der Waals surface area contributed by atoms with E-state index in [4.69, 9.17) is 4.74 Å². The van der Waals surface area contributed by atoms with Gasteiger partial charge < -0.3 is 4.74 Å². The van der Waals surface area contributed by atoms with Gasteiger partial charge in [-0.15, -0.1) is 0 Å². The molecule has 1 heteroatoms. The number of methoxy groups -OCH3 is 1. The predicted molar refractivity (Wildman–Crippen MR) is 76.7 cm³/mol. The van der Waals surface area contributed by atoms with E-state index in [1.54, 1.807) is 7.11 Å². The summed E-state index contributed by atoms with van der Waals surface area (Å²) in [6.45, 7) is 7.94. The monoisotopic (exact) mass is 246 g/mol. The quantitative estimate of drug-likeness (QED) is 0.760. The molecule has 0 bridgehead atoms. The molecule has 1 nitrogen and oxygen atoms in total. The Morgan fingerprint density at radius 2 is 1.67 bits per heavy atom. The van der Waals surface area contributed by atoms with Crippen LogP contribution in [0.4, 0.5) is 0 Å². The van der Waals surface area contributed by atoms with Crippen molar-refractivity contribution in [1.29, 1.82) is 0 Å². The third-order valence-corrected chi connectivity index (χ3v) is 4.36. The van der Waals surface area contributed by atoms with E-state index >= 15 is 0 Å². The van der Waals surface area contributed by atoms with E-state index in [0.717, 1.165) is 11.8 Å². The zero-order chi connectivity index (χ0) is 13.2. The zero-order valence-electron chi connectivity index (χ0n) is 12.2. The largest absolute Gasteiger partial charge is 0.380 e. The molecule has 2 rings (SSSR count). The molecule has 100 valence electrons. The first-order valence-corrected chi connectivity index (χ1v) is 7.12.